The van der Waals surface area contributed by atoms with Gasteiger partial charge in [-0.15, -0.1) is 0 Å². The third-order valence-corrected chi connectivity index (χ3v) is 6.33. The minimum atomic E-state index is -0.871. The Morgan fingerprint density at radius 2 is 1.95 bits per heavy atom. The van der Waals surface area contributed by atoms with Crippen LogP contribution in [0, 0.1) is 0 Å². The fourth-order valence-corrected chi connectivity index (χ4v) is 4.45. The van der Waals surface area contributed by atoms with Crippen molar-refractivity contribution >= 4 is 28.4 Å². The molecule has 0 spiro atoms. The molecule has 4 heterocycles. The molecule has 1 fully saturated rings. The van der Waals surface area contributed by atoms with Gasteiger partial charge in [0.1, 0.15) is 12.0 Å². The van der Waals surface area contributed by atoms with Crippen molar-refractivity contribution in [3.8, 4) is 0 Å². The number of pyridine rings is 1. The van der Waals surface area contributed by atoms with Crippen molar-refractivity contribution in [2.24, 2.45) is 0 Å². The van der Waals surface area contributed by atoms with Crippen LogP contribution in [-0.2, 0) is 14.3 Å². The Kier molecular flexibility index (Phi) is 7.34. The highest BCUT2D eigenvalue weighted by Crippen LogP contribution is 2.27. The van der Waals surface area contributed by atoms with Gasteiger partial charge >= 0.3 is 0 Å². The number of rotatable bonds is 8. The van der Waals surface area contributed by atoms with Gasteiger partial charge < -0.3 is 19.4 Å². The van der Waals surface area contributed by atoms with Crippen LogP contribution in [0.3, 0.4) is 0 Å². The van der Waals surface area contributed by atoms with E-state index in [9.17, 15) is 9.59 Å². The summed E-state index contributed by atoms with van der Waals surface area (Å²) in [6.07, 6.45) is 9.28. The van der Waals surface area contributed by atoms with Crippen molar-refractivity contribution in [2.75, 3.05) is 11.9 Å². The predicted molar refractivity (Wildman–Crippen MR) is 138 cm³/mol. The number of ether oxygens (including phenoxy) is 2. The van der Waals surface area contributed by atoms with E-state index >= 15 is 0 Å². The molecule has 4 aromatic rings. The third-order valence-electron chi connectivity index (χ3n) is 6.33. The number of ketones is 1. The van der Waals surface area contributed by atoms with Crippen molar-refractivity contribution in [1.82, 2.24) is 19.5 Å². The normalized spacial score (nSPS) is 16.6. The van der Waals surface area contributed by atoms with E-state index in [1.165, 1.54) is 18.7 Å². The van der Waals surface area contributed by atoms with Crippen LogP contribution >= 0.6 is 0 Å². The molecule has 5 rings (SSSR count). The number of hydrogen-bond acceptors (Lipinski definition) is 7. The van der Waals surface area contributed by atoms with Gasteiger partial charge in [-0.05, 0) is 44.7 Å². The molecule has 2 atom stereocenters. The third kappa shape index (κ3) is 5.42. The lowest BCUT2D eigenvalue weighted by Crippen LogP contribution is -2.31. The first kappa shape index (κ1) is 24.7. The maximum atomic E-state index is 13.5. The second-order valence-corrected chi connectivity index (χ2v) is 9.31. The Bertz CT molecular complexity index is 1400. The molecule has 37 heavy (non-hydrogen) atoms. The van der Waals surface area contributed by atoms with Gasteiger partial charge in [-0.25, -0.2) is 9.97 Å². The number of amides is 1. The summed E-state index contributed by atoms with van der Waals surface area (Å²) in [7, 11) is 0. The number of aromatic nitrogens is 4. The van der Waals surface area contributed by atoms with Crippen LogP contribution in [0.1, 0.15) is 66.7 Å². The second kappa shape index (κ2) is 11.0. The van der Waals surface area contributed by atoms with Crippen molar-refractivity contribution in [3.63, 3.8) is 0 Å². The lowest BCUT2D eigenvalue weighted by molar-refractivity contribution is -0.191. The number of fused-ring (bicyclic) bond motifs is 1. The number of hydrogen-bond donors (Lipinski definition) is 1. The molecule has 1 saturated heterocycles. The van der Waals surface area contributed by atoms with Crippen LogP contribution in [0.15, 0.2) is 67.5 Å². The van der Waals surface area contributed by atoms with E-state index in [4.69, 9.17) is 9.47 Å². The standard InChI is InChI=1S/C28H29N5O4/c1-18(2)33-16-23(22-15-30-17-31-27(22)33)25(34)20-12-21(14-29-13-20)32-28(35)26(19-8-4-3-5-9-19)37-24-10-6-7-11-36-24/h3-5,8-9,12-18,24,26H,6-7,10-11H2,1-2H3,(H,32,35). The van der Waals surface area contributed by atoms with E-state index in [1.54, 1.807) is 18.5 Å². The van der Waals surface area contributed by atoms with Gasteiger partial charge in [0.15, 0.2) is 18.2 Å². The molecule has 0 aliphatic carbocycles. The number of nitrogens with one attached hydrogen (secondary N) is 1. The average Bonchev–Trinajstić information content (AvgIpc) is 3.32. The smallest absolute Gasteiger partial charge is 0.258 e. The van der Waals surface area contributed by atoms with E-state index < -0.39 is 12.4 Å². The maximum absolute atomic E-state index is 13.5. The zero-order valence-corrected chi connectivity index (χ0v) is 20.8. The minimum absolute atomic E-state index is 0.116. The summed E-state index contributed by atoms with van der Waals surface area (Å²) < 4.78 is 13.7. The first-order chi connectivity index (χ1) is 18.0. The average molecular weight is 500 g/mol. The fraction of sp³-hybridized carbons (Fsp3) is 0.321. The first-order valence-electron chi connectivity index (χ1n) is 12.4. The molecular weight excluding hydrogens is 470 g/mol. The molecule has 1 amide bonds. The summed E-state index contributed by atoms with van der Waals surface area (Å²) in [4.78, 5) is 39.5. The van der Waals surface area contributed by atoms with E-state index in [0.717, 1.165) is 24.8 Å². The quantitative estimate of drug-likeness (QED) is 0.345. The maximum Gasteiger partial charge on any atom is 0.258 e. The Morgan fingerprint density at radius 3 is 2.70 bits per heavy atom. The van der Waals surface area contributed by atoms with Crippen LogP contribution < -0.4 is 5.32 Å². The summed E-state index contributed by atoms with van der Waals surface area (Å²) in [5.74, 6) is -0.592. The minimum Gasteiger partial charge on any atom is -0.353 e. The Balaban J connectivity index is 1.39. The van der Waals surface area contributed by atoms with Gasteiger partial charge in [0.2, 0.25) is 0 Å². The van der Waals surface area contributed by atoms with Crippen LogP contribution in [0.5, 0.6) is 0 Å². The van der Waals surface area contributed by atoms with Crippen molar-refractivity contribution < 1.29 is 19.1 Å². The summed E-state index contributed by atoms with van der Waals surface area (Å²) in [6.45, 7) is 4.66. The first-order valence-corrected chi connectivity index (χ1v) is 12.4. The van der Waals surface area contributed by atoms with Crippen molar-refractivity contribution in [3.05, 3.63) is 84.2 Å². The molecule has 1 aromatic carbocycles. The van der Waals surface area contributed by atoms with Crippen molar-refractivity contribution in [2.45, 2.75) is 51.5 Å². The summed E-state index contributed by atoms with van der Waals surface area (Å²) in [5, 5.41) is 3.54. The molecule has 3 aromatic heterocycles. The van der Waals surface area contributed by atoms with Crippen molar-refractivity contribution in [1.29, 1.82) is 0 Å². The summed E-state index contributed by atoms with van der Waals surface area (Å²) >= 11 is 0. The monoisotopic (exact) mass is 499 g/mol. The molecule has 190 valence electrons. The summed E-state index contributed by atoms with van der Waals surface area (Å²) in [5.41, 5.74) is 2.63. The fourth-order valence-electron chi connectivity index (χ4n) is 4.45. The van der Waals surface area contributed by atoms with E-state index in [-0.39, 0.29) is 17.7 Å². The van der Waals surface area contributed by atoms with Crippen LogP contribution in [0.4, 0.5) is 5.69 Å². The van der Waals surface area contributed by atoms with Gasteiger partial charge in [0, 0.05) is 42.2 Å². The molecule has 1 aliphatic heterocycles. The SMILES string of the molecule is CC(C)n1cc(C(=O)c2cncc(NC(=O)C(OC3CCCCO3)c3ccccc3)c2)c2cncnc21. The number of nitrogens with zero attached hydrogens (tertiary/aromatic N) is 4. The lowest BCUT2D eigenvalue weighted by Gasteiger charge is -2.27. The largest absolute Gasteiger partial charge is 0.353 e. The van der Waals surface area contributed by atoms with Gasteiger partial charge in [-0.1, -0.05) is 30.3 Å². The zero-order chi connectivity index (χ0) is 25.8. The molecule has 9 nitrogen and oxygen atoms in total. The molecule has 0 saturated carbocycles. The van der Waals surface area contributed by atoms with Gasteiger partial charge in [-0.3, -0.25) is 14.6 Å². The molecule has 0 bridgehead atoms. The van der Waals surface area contributed by atoms with Gasteiger partial charge in [-0.2, -0.15) is 0 Å². The van der Waals surface area contributed by atoms with E-state index in [0.29, 0.717) is 34.5 Å². The van der Waals surface area contributed by atoms with Gasteiger partial charge in [0.25, 0.3) is 5.91 Å². The molecule has 1 N–H and O–H groups in total. The topological polar surface area (TPSA) is 108 Å². The molecule has 1 aliphatic rings. The highest BCUT2D eigenvalue weighted by atomic mass is 16.7. The van der Waals surface area contributed by atoms with Crippen LogP contribution in [0.2, 0.25) is 0 Å². The van der Waals surface area contributed by atoms with E-state index in [2.05, 4.69) is 20.3 Å². The zero-order valence-electron chi connectivity index (χ0n) is 20.8. The number of benzene rings is 1. The number of carbonyl (C=O) groups is 2. The second-order valence-electron chi connectivity index (χ2n) is 9.31. The molecule has 0 radical (unpaired) electrons. The van der Waals surface area contributed by atoms with Gasteiger partial charge in [0.05, 0.1) is 17.4 Å². The number of anilines is 1. The van der Waals surface area contributed by atoms with Crippen LogP contribution in [0.25, 0.3) is 11.0 Å². The van der Waals surface area contributed by atoms with E-state index in [1.807, 2.05) is 48.7 Å². The Morgan fingerprint density at radius 1 is 1.11 bits per heavy atom. The molecular formula is C28H29N5O4. The Hall–Kier alpha value is -3.95. The summed E-state index contributed by atoms with van der Waals surface area (Å²) in [6, 6.07) is 11.0. The number of carbonyl (C=O) groups excluding carboxylic acids is 2. The van der Waals surface area contributed by atoms with Crippen LogP contribution in [-0.4, -0.2) is 44.1 Å². The molecule has 2 unspecified atom stereocenters. The predicted octanol–water partition coefficient (Wildman–Crippen LogP) is 4.86. The lowest BCUT2D eigenvalue weighted by atomic mass is 10.1. The highest BCUT2D eigenvalue weighted by molar-refractivity contribution is 6.16. The molecule has 9 heteroatoms. The Labute approximate surface area is 214 Å². The highest BCUT2D eigenvalue weighted by Gasteiger charge is 2.27.